The van der Waals surface area contributed by atoms with E-state index >= 15 is 0 Å². The maximum atomic E-state index is 14.5. The van der Waals surface area contributed by atoms with Crippen molar-refractivity contribution < 1.29 is 13.9 Å². The molecule has 1 saturated heterocycles. The van der Waals surface area contributed by atoms with E-state index < -0.39 is 0 Å². The van der Waals surface area contributed by atoms with Crippen molar-refractivity contribution in [1.82, 2.24) is 4.90 Å². The molecule has 3 aliphatic rings. The number of hydrogen-bond donors (Lipinski definition) is 0. The molecule has 3 aromatic carbocycles. The van der Waals surface area contributed by atoms with Gasteiger partial charge in [0.25, 0.3) is 0 Å². The zero-order valence-corrected chi connectivity index (χ0v) is 20.0. The third-order valence-electron chi connectivity index (χ3n) is 7.86. The predicted octanol–water partition coefficient (Wildman–Crippen LogP) is 6.74. The van der Waals surface area contributed by atoms with Gasteiger partial charge in [-0.1, -0.05) is 66.2 Å². The predicted molar refractivity (Wildman–Crippen MR) is 136 cm³/mol. The molecule has 0 N–H and O–H groups in total. The van der Waals surface area contributed by atoms with Gasteiger partial charge in [-0.2, -0.15) is 5.26 Å². The lowest BCUT2D eigenvalue weighted by atomic mass is 9.83. The fourth-order valence-corrected chi connectivity index (χ4v) is 6.21. The van der Waals surface area contributed by atoms with Crippen molar-refractivity contribution in [3.05, 3.63) is 106 Å². The third kappa shape index (κ3) is 3.97. The first kappa shape index (κ1) is 22.5. The van der Waals surface area contributed by atoms with Gasteiger partial charge >= 0.3 is 6.09 Å². The van der Waals surface area contributed by atoms with Gasteiger partial charge in [0, 0.05) is 12.0 Å². The number of piperidine rings is 1. The maximum Gasteiger partial charge on any atom is 0.410 e. The van der Waals surface area contributed by atoms with Crippen molar-refractivity contribution in [1.29, 1.82) is 5.26 Å². The molecule has 2 bridgehead atoms. The Morgan fingerprint density at radius 3 is 2.42 bits per heavy atom. The van der Waals surface area contributed by atoms with Crippen LogP contribution < -0.4 is 0 Å². The zero-order chi connectivity index (χ0) is 24.6. The molecule has 180 valence electrons. The number of benzene rings is 3. The molecule has 3 aromatic rings. The molecule has 0 saturated carbocycles. The molecule has 5 heteroatoms. The number of halogens is 1. The topological polar surface area (TPSA) is 53.3 Å². The number of fused-ring (bicyclic) bond motifs is 5. The lowest BCUT2D eigenvalue weighted by Gasteiger charge is -2.44. The van der Waals surface area contributed by atoms with Gasteiger partial charge in [0.15, 0.2) is 0 Å². The van der Waals surface area contributed by atoms with Gasteiger partial charge in [-0.3, -0.25) is 4.90 Å². The average Bonchev–Trinajstić information content (AvgIpc) is 3.21. The third-order valence-corrected chi connectivity index (χ3v) is 7.86. The maximum absolute atomic E-state index is 14.5. The van der Waals surface area contributed by atoms with E-state index in [2.05, 4.69) is 30.3 Å². The van der Waals surface area contributed by atoms with Crippen LogP contribution in [-0.4, -0.2) is 29.7 Å². The molecule has 4 nitrogen and oxygen atoms in total. The fraction of sp³-hybridized carbons (Fsp3) is 0.290. The molecule has 2 heterocycles. The van der Waals surface area contributed by atoms with Gasteiger partial charge in [-0.15, -0.1) is 0 Å². The average molecular weight is 479 g/mol. The van der Waals surface area contributed by atoms with Gasteiger partial charge in [-0.05, 0) is 72.1 Å². The van der Waals surface area contributed by atoms with Crippen LogP contribution in [-0.2, 0) is 11.2 Å². The summed E-state index contributed by atoms with van der Waals surface area (Å²) in [7, 11) is 0. The van der Waals surface area contributed by atoms with Crippen LogP contribution >= 0.6 is 0 Å². The molecule has 0 radical (unpaired) electrons. The minimum absolute atomic E-state index is 0.0235. The Morgan fingerprint density at radius 1 is 1.03 bits per heavy atom. The number of ether oxygens (including phenoxy) is 1. The molecule has 36 heavy (non-hydrogen) atoms. The van der Waals surface area contributed by atoms with Crippen LogP contribution in [0.1, 0.15) is 53.9 Å². The van der Waals surface area contributed by atoms with Crippen molar-refractivity contribution in [3.8, 4) is 17.2 Å². The molecular formula is C31H27FN2O2. The Kier molecular flexibility index (Phi) is 5.81. The molecule has 1 fully saturated rings. The highest BCUT2D eigenvalue weighted by Gasteiger charge is 2.39. The van der Waals surface area contributed by atoms with Gasteiger partial charge in [0.05, 0.1) is 17.7 Å². The normalized spacial score (nSPS) is 20.2. The van der Waals surface area contributed by atoms with Crippen molar-refractivity contribution >= 4 is 6.09 Å². The van der Waals surface area contributed by atoms with E-state index in [9.17, 15) is 9.18 Å². The lowest BCUT2D eigenvalue weighted by molar-refractivity contribution is 0.0509. The first-order valence-corrected chi connectivity index (χ1v) is 12.6. The number of nitriles is 1. The molecule has 1 aliphatic carbocycles. The molecule has 1 amide bonds. The van der Waals surface area contributed by atoms with E-state index in [-0.39, 0.29) is 29.9 Å². The van der Waals surface area contributed by atoms with Crippen LogP contribution in [0.15, 0.2) is 78.4 Å². The summed E-state index contributed by atoms with van der Waals surface area (Å²) in [5, 5.41) is 9.00. The minimum Gasteiger partial charge on any atom is -0.448 e. The summed E-state index contributed by atoms with van der Waals surface area (Å²) >= 11 is 0. The van der Waals surface area contributed by atoms with E-state index in [0.717, 1.165) is 31.3 Å². The van der Waals surface area contributed by atoms with Gasteiger partial charge in [0.2, 0.25) is 0 Å². The summed E-state index contributed by atoms with van der Waals surface area (Å²) < 4.78 is 20.5. The Morgan fingerprint density at radius 2 is 1.75 bits per heavy atom. The smallest absolute Gasteiger partial charge is 0.410 e. The Labute approximate surface area is 210 Å². The van der Waals surface area contributed by atoms with E-state index in [0.29, 0.717) is 24.2 Å². The van der Waals surface area contributed by atoms with Gasteiger partial charge in [0.1, 0.15) is 12.4 Å². The molecule has 2 atom stereocenters. The van der Waals surface area contributed by atoms with Crippen LogP contribution in [0, 0.1) is 17.1 Å². The highest BCUT2D eigenvalue weighted by molar-refractivity contribution is 5.79. The summed E-state index contributed by atoms with van der Waals surface area (Å²) in [5.74, 6) is -0.310. The number of carbonyl (C=O) groups is 1. The minimum atomic E-state index is -0.348. The largest absolute Gasteiger partial charge is 0.448 e. The number of hydrogen-bond acceptors (Lipinski definition) is 3. The standard InChI is InChI=1S/C31H27FN2O2/c32-30-17-20(18-33)12-13-22(30)14-21-15-23-6-5-7-24(16-21)34(23)31(35)36-19-29-27-10-3-1-8-25(27)26-9-2-4-11-28(26)29/h1-4,8-13,15,17,23-24,29H,5-7,14,16,19H2. The fourth-order valence-electron chi connectivity index (χ4n) is 6.21. The van der Waals surface area contributed by atoms with Crippen LogP contribution in [0.2, 0.25) is 0 Å². The first-order chi connectivity index (χ1) is 17.6. The second kappa shape index (κ2) is 9.28. The van der Waals surface area contributed by atoms with Crippen molar-refractivity contribution in [3.63, 3.8) is 0 Å². The Bertz CT molecular complexity index is 1360. The zero-order valence-electron chi connectivity index (χ0n) is 20.0. The monoisotopic (exact) mass is 478 g/mol. The summed E-state index contributed by atoms with van der Waals surface area (Å²) in [6, 6.07) is 23.4. The van der Waals surface area contributed by atoms with E-state index in [1.54, 1.807) is 12.1 Å². The number of carbonyl (C=O) groups excluding carboxylic acids is 1. The summed E-state index contributed by atoms with van der Waals surface area (Å²) in [4.78, 5) is 15.3. The highest BCUT2D eigenvalue weighted by atomic mass is 19.1. The van der Waals surface area contributed by atoms with Gasteiger partial charge in [-0.25, -0.2) is 9.18 Å². The molecule has 2 unspecified atom stereocenters. The number of nitrogens with zero attached hydrogens (tertiary/aromatic N) is 2. The lowest BCUT2D eigenvalue weighted by Crippen LogP contribution is -2.52. The SMILES string of the molecule is N#Cc1ccc(CC2=CC3CCCC(C2)N3C(=O)OCC2c3ccccc3-c3ccccc32)c(F)c1. The summed E-state index contributed by atoms with van der Waals surface area (Å²) in [6.45, 7) is 0.315. The molecular weight excluding hydrogens is 451 g/mol. The molecule has 6 rings (SSSR count). The van der Waals surface area contributed by atoms with Crippen molar-refractivity contribution in [2.75, 3.05) is 6.61 Å². The van der Waals surface area contributed by atoms with Crippen LogP contribution in [0.5, 0.6) is 0 Å². The Hall–Kier alpha value is -3.91. The molecule has 0 spiro atoms. The number of rotatable bonds is 4. The number of amides is 1. The Balaban J connectivity index is 1.18. The van der Waals surface area contributed by atoms with Crippen LogP contribution in [0.4, 0.5) is 9.18 Å². The highest BCUT2D eigenvalue weighted by Crippen LogP contribution is 2.45. The molecule has 0 aromatic heterocycles. The van der Waals surface area contributed by atoms with Crippen LogP contribution in [0.25, 0.3) is 11.1 Å². The second-order valence-corrected chi connectivity index (χ2v) is 9.99. The van der Waals surface area contributed by atoms with Crippen molar-refractivity contribution in [2.24, 2.45) is 0 Å². The van der Waals surface area contributed by atoms with E-state index in [1.165, 1.54) is 28.3 Å². The quantitative estimate of drug-likeness (QED) is 0.390. The van der Waals surface area contributed by atoms with Crippen molar-refractivity contribution in [2.45, 2.75) is 50.1 Å². The van der Waals surface area contributed by atoms with E-state index in [4.69, 9.17) is 10.00 Å². The first-order valence-electron chi connectivity index (χ1n) is 12.6. The van der Waals surface area contributed by atoms with E-state index in [1.807, 2.05) is 35.2 Å². The van der Waals surface area contributed by atoms with Gasteiger partial charge < -0.3 is 4.74 Å². The van der Waals surface area contributed by atoms with Crippen LogP contribution in [0.3, 0.4) is 0 Å². The summed E-state index contributed by atoms with van der Waals surface area (Å²) in [6.07, 6.45) is 5.98. The second-order valence-electron chi connectivity index (χ2n) is 9.99. The summed E-state index contributed by atoms with van der Waals surface area (Å²) in [5.41, 5.74) is 6.91. The molecule has 2 aliphatic heterocycles.